The summed E-state index contributed by atoms with van der Waals surface area (Å²) in [4.78, 5) is 1.09. The van der Waals surface area contributed by atoms with Crippen molar-refractivity contribution < 1.29 is 0 Å². The number of hydrogen-bond donors (Lipinski definition) is 1. The van der Waals surface area contributed by atoms with Gasteiger partial charge in [0.15, 0.2) is 0 Å². The number of benzene rings is 1. The fourth-order valence-corrected chi connectivity index (χ4v) is 1.98. The summed E-state index contributed by atoms with van der Waals surface area (Å²) in [5.74, 6) is 6.63. The van der Waals surface area contributed by atoms with E-state index < -0.39 is 0 Å². The van der Waals surface area contributed by atoms with Gasteiger partial charge in [-0.3, -0.25) is 0 Å². The van der Waals surface area contributed by atoms with Crippen LogP contribution >= 0.6 is 27.7 Å². The zero-order valence-corrected chi connectivity index (χ0v) is 9.71. The van der Waals surface area contributed by atoms with E-state index in [1.165, 1.54) is 0 Å². The van der Waals surface area contributed by atoms with Crippen molar-refractivity contribution in [1.82, 2.24) is 0 Å². The van der Waals surface area contributed by atoms with Gasteiger partial charge in [-0.15, -0.1) is 17.7 Å². The number of anilines is 1. The van der Waals surface area contributed by atoms with Crippen LogP contribution in [0, 0.1) is 11.8 Å². The number of nitrogens with two attached hydrogens (primary N) is 1. The van der Waals surface area contributed by atoms with Gasteiger partial charge >= 0.3 is 0 Å². The molecule has 0 aliphatic heterocycles. The van der Waals surface area contributed by atoms with E-state index in [0.29, 0.717) is 0 Å². The molecule has 0 bridgehead atoms. The summed E-state index contributed by atoms with van der Waals surface area (Å²) in [6.45, 7) is 1.84. The van der Waals surface area contributed by atoms with Gasteiger partial charge in [-0.1, -0.05) is 21.9 Å². The molecule has 0 atom stereocenters. The van der Waals surface area contributed by atoms with Gasteiger partial charge in [0.05, 0.1) is 5.75 Å². The van der Waals surface area contributed by atoms with Gasteiger partial charge in [-0.05, 0) is 25.1 Å². The Morgan fingerprint density at radius 2 is 2.31 bits per heavy atom. The van der Waals surface area contributed by atoms with Gasteiger partial charge in [0.1, 0.15) is 0 Å². The topological polar surface area (TPSA) is 26.0 Å². The van der Waals surface area contributed by atoms with Crippen molar-refractivity contribution in [3.05, 3.63) is 22.7 Å². The predicted molar refractivity (Wildman–Crippen MR) is 62.7 cm³/mol. The Morgan fingerprint density at radius 3 is 2.92 bits per heavy atom. The molecule has 68 valence electrons. The first-order valence-electron chi connectivity index (χ1n) is 3.81. The van der Waals surface area contributed by atoms with Crippen molar-refractivity contribution in [3.63, 3.8) is 0 Å². The molecule has 0 aliphatic rings. The summed E-state index contributed by atoms with van der Waals surface area (Å²) < 4.78 is 1.01. The monoisotopic (exact) mass is 255 g/mol. The van der Waals surface area contributed by atoms with Crippen molar-refractivity contribution >= 4 is 33.4 Å². The standard InChI is InChI=1S/C10H10BrNS/c1-2-3-6-13-10-5-4-8(11)7-9(10)12/h4-5,7H,6,12H2,1H3. The number of nitrogen functional groups attached to an aromatic ring is 1. The molecule has 0 saturated heterocycles. The van der Waals surface area contributed by atoms with Crippen LogP contribution in [-0.2, 0) is 0 Å². The first-order chi connectivity index (χ1) is 6.24. The Morgan fingerprint density at radius 1 is 1.54 bits per heavy atom. The van der Waals surface area contributed by atoms with Crippen LogP contribution < -0.4 is 5.73 Å². The third kappa shape index (κ3) is 3.33. The largest absolute Gasteiger partial charge is 0.398 e. The van der Waals surface area contributed by atoms with Crippen LogP contribution in [0.1, 0.15) is 6.92 Å². The van der Waals surface area contributed by atoms with Gasteiger partial charge in [0.2, 0.25) is 0 Å². The second kappa shape index (κ2) is 5.21. The Balaban J connectivity index is 2.70. The third-order valence-corrected chi connectivity index (χ3v) is 2.91. The third-order valence-electron chi connectivity index (χ3n) is 1.45. The summed E-state index contributed by atoms with van der Waals surface area (Å²) in [7, 11) is 0. The Labute approximate surface area is 91.2 Å². The molecule has 0 fully saturated rings. The molecule has 0 aliphatic carbocycles. The van der Waals surface area contributed by atoms with Crippen LogP contribution in [0.25, 0.3) is 0 Å². The molecule has 0 unspecified atom stereocenters. The fraction of sp³-hybridized carbons (Fsp3) is 0.200. The molecule has 0 aromatic heterocycles. The first kappa shape index (κ1) is 10.5. The summed E-state index contributed by atoms with van der Waals surface area (Å²) in [6.07, 6.45) is 0. The Hall–Kier alpha value is -0.590. The zero-order chi connectivity index (χ0) is 9.68. The van der Waals surface area contributed by atoms with Crippen LogP contribution in [0.15, 0.2) is 27.6 Å². The van der Waals surface area contributed by atoms with Crippen LogP contribution in [0.3, 0.4) is 0 Å². The highest BCUT2D eigenvalue weighted by atomic mass is 79.9. The molecule has 1 aromatic carbocycles. The molecule has 3 heteroatoms. The lowest BCUT2D eigenvalue weighted by molar-refractivity contribution is 1.44. The van der Waals surface area contributed by atoms with Crippen molar-refractivity contribution in [3.8, 4) is 11.8 Å². The molecule has 2 N–H and O–H groups in total. The molecule has 0 saturated carbocycles. The number of hydrogen-bond acceptors (Lipinski definition) is 2. The van der Waals surface area contributed by atoms with Gasteiger partial charge in [-0.25, -0.2) is 0 Å². The van der Waals surface area contributed by atoms with E-state index in [4.69, 9.17) is 5.73 Å². The highest BCUT2D eigenvalue weighted by Crippen LogP contribution is 2.27. The quantitative estimate of drug-likeness (QED) is 0.499. The van der Waals surface area contributed by atoms with Crippen molar-refractivity contribution in [2.75, 3.05) is 11.5 Å². The minimum Gasteiger partial charge on any atom is -0.398 e. The fourth-order valence-electron chi connectivity index (χ4n) is 0.837. The highest BCUT2D eigenvalue weighted by Gasteiger charge is 1.98. The van der Waals surface area contributed by atoms with E-state index in [1.54, 1.807) is 11.8 Å². The number of thioether (sulfide) groups is 1. The van der Waals surface area contributed by atoms with Gasteiger partial charge < -0.3 is 5.73 Å². The van der Waals surface area contributed by atoms with E-state index in [0.717, 1.165) is 20.8 Å². The molecule has 0 spiro atoms. The molecular weight excluding hydrogens is 246 g/mol. The number of rotatable bonds is 2. The molecule has 0 radical (unpaired) electrons. The maximum Gasteiger partial charge on any atom is 0.0595 e. The maximum absolute atomic E-state index is 5.80. The van der Waals surface area contributed by atoms with Crippen molar-refractivity contribution in [1.29, 1.82) is 0 Å². The lowest BCUT2D eigenvalue weighted by Gasteiger charge is -2.02. The van der Waals surface area contributed by atoms with E-state index in [9.17, 15) is 0 Å². The van der Waals surface area contributed by atoms with E-state index in [2.05, 4.69) is 27.8 Å². The molecule has 1 nitrogen and oxygen atoms in total. The molecule has 1 aromatic rings. The van der Waals surface area contributed by atoms with E-state index in [-0.39, 0.29) is 0 Å². The average molecular weight is 256 g/mol. The van der Waals surface area contributed by atoms with Crippen LogP contribution in [0.5, 0.6) is 0 Å². The smallest absolute Gasteiger partial charge is 0.0595 e. The Bertz CT molecular complexity index is 352. The van der Waals surface area contributed by atoms with Crippen molar-refractivity contribution in [2.24, 2.45) is 0 Å². The average Bonchev–Trinajstić information content (AvgIpc) is 2.09. The van der Waals surface area contributed by atoms with Gasteiger partial charge in [-0.2, -0.15) is 0 Å². The maximum atomic E-state index is 5.80. The molecule has 0 amide bonds. The molecular formula is C10H10BrNS. The highest BCUT2D eigenvalue weighted by molar-refractivity contribution is 9.10. The lowest BCUT2D eigenvalue weighted by Crippen LogP contribution is -1.88. The zero-order valence-electron chi connectivity index (χ0n) is 7.30. The minimum absolute atomic E-state index is 0.794. The second-order valence-electron chi connectivity index (χ2n) is 2.40. The van der Waals surface area contributed by atoms with Crippen LogP contribution in [0.4, 0.5) is 5.69 Å². The summed E-state index contributed by atoms with van der Waals surface area (Å²) in [5.41, 5.74) is 6.61. The van der Waals surface area contributed by atoms with Crippen LogP contribution in [0.2, 0.25) is 0 Å². The normalized spacial score (nSPS) is 9.08. The molecule has 1 rings (SSSR count). The second-order valence-corrected chi connectivity index (χ2v) is 4.33. The van der Waals surface area contributed by atoms with E-state index in [1.807, 2.05) is 25.1 Å². The van der Waals surface area contributed by atoms with Gasteiger partial charge in [0.25, 0.3) is 0 Å². The van der Waals surface area contributed by atoms with Gasteiger partial charge in [0, 0.05) is 15.1 Å². The minimum atomic E-state index is 0.794. The lowest BCUT2D eigenvalue weighted by atomic mass is 10.3. The van der Waals surface area contributed by atoms with Crippen molar-refractivity contribution in [2.45, 2.75) is 11.8 Å². The molecule has 0 heterocycles. The van der Waals surface area contributed by atoms with E-state index >= 15 is 0 Å². The molecule has 13 heavy (non-hydrogen) atoms. The predicted octanol–water partition coefficient (Wildman–Crippen LogP) is 3.15. The Kier molecular flexibility index (Phi) is 4.20. The SMILES string of the molecule is CC#CCSc1ccc(Br)cc1N. The van der Waals surface area contributed by atoms with Crippen LogP contribution in [-0.4, -0.2) is 5.75 Å². The summed E-state index contributed by atoms with van der Waals surface area (Å²) >= 11 is 5.02. The first-order valence-corrected chi connectivity index (χ1v) is 5.59. The summed E-state index contributed by atoms with van der Waals surface area (Å²) in [6, 6.07) is 5.89. The number of halogens is 1. The summed E-state index contributed by atoms with van der Waals surface area (Å²) in [5, 5.41) is 0.